The molecule has 29 heavy (non-hydrogen) atoms. The van der Waals surface area contributed by atoms with E-state index in [-0.39, 0.29) is 10.9 Å². The number of H-pyrrole nitrogens is 1. The summed E-state index contributed by atoms with van der Waals surface area (Å²) in [6.07, 6.45) is 1.38. The number of aromatic amines is 1. The Morgan fingerprint density at radius 1 is 1.07 bits per heavy atom. The fourth-order valence-corrected chi connectivity index (χ4v) is 6.85. The highest BCUT2D eigenvalue weighted by Crippen LogP contribution is 2.40. The minimum Gasteiger partial charge on any atom is -0.357 e. The third-order valence-corrected chi connectivity index (χ3v) is 8.16. The number of halogens is 1. The van der Waals surface area contributed by atoms with Crippen LogP contribution in [0, 0.1) is 0 Å². The number of benzene rings is 3. The van der Waals surface area contributed by atoms with Crippen molar-refractivity contribution in [3.8, 4) is 0 Å². The lowest BCUT2D eigenvalue weighted by atomic mass is 9.98. The van der Waals surface area contributed by atoms with E-state index in [2.05, 4.69) is 11.1 Å². The van der Waals surface area contributed by atoms with Gasteiger partial charge in [0.05, 0.1) is 10.9 Å². The van der Waals surface area contributed by atoms with E-state index in [0.717, 1.165) is 16.6 Å². The van der Waals surface area contributed by atoms with Crippen molar-refractivity contribution in [1.29, 1.82) is 0 Å². The average molecular weight is 425 g/mol. The molecule has 1 aliphatic heterocycles. The maximum absolute atomic E-state index is 13.8. The lowest BCUT2D eigenvalue weighted by Crippen LogP contribution is -2.39. The summed E-state index contributed by atoms with van der Waals surface area (Å²) in [6.45, 7) is 2.49. The molecule has 148 valence electrons. The van der Waals surface area contributed by atoms with Gasteiger partial charge in [0.1, 0.15) is 0 Å². The van der Waals surface area contributed by atoms with Gasteiger partial charge in [0.2, 0.25) is 10.0 Å². The fourth-order valence-electron chi connectivity index (χ4n) is 4.60. The molecule has 0 bridgehead atoms. The molecule has 4 nitrogen and oxygen atoms in total. The van der Waals surface area contributed by atoms with Crippen molar-refractivity contribution >= 4 is 43.3 Å². The molecule has 0 radical (unpaired) electrons. The molecule has 1 aromatic heterocycles. The molecule has 1 atom stereocenters. The summed E-state index contributed by atoms with van der Waals surface area (Å²) >= 11 is 6.42. The monoisotopic (exact) mass is 424 g/mol. The molecule has 4 aromatic rings. The molecule has 1 N–H and O–H groups in total. The molecule has 0 saturated carbocycles. The number of nitrogens with zero attached hydrogens (tertiary/aromatic N) is 1. The number of nitrogens with one attached hydrogen (secondary N) is 1. The topological polar surface area (TPSA) is 53.2 Å². The third-order valence-electron chi connectivity index (χ3n) is 5.90. The second-order valence-corrected chi connectivity index (χ2v) is 9.71. The summed E-state index contributed by atoms with van der Waals surface area (Å²) in [4.78, 5) is 3.76. The van der Waals surface area contributed by atoms with Crippen molar-refractivity contribution in [3.63, 3.8) is 0 Å². The molecule has 6 heteroatoms. The van der Waals surface area contributed by atoms with Gasteiger partial charge in [0.25, 0.3) is 0 Å². The summed E-state index contributed by atoms with van der Waals surface area (Å²) in [5, 5.41) is 3.06. The molecule has 0 amide bonds. The number of para-hydroxylation sites is 1. The van der Waals surface area contributed by atoms with Gasteiger partial charge in [-0.05, 0) is 42.0 Å². The zero-order chi connectivity index (χ0) is 20.2. The van der Waals surface area contributed by atoms with E-state index in [1.54, 1.807) is 22.5 Å². The van der Waals surface area contributed by atoms with Gasteiger partial charge in [-0.15, -0.1) is 0 Å². The number of fused-ring (bicyclic) bond motifs is 4. The van der Waals surface area contributed by atoms with Crippen LogP contribution in [0.1, 0.15) is 30.6 Å². The molecular weight excluding hydrogens is 404 g/mol. The largest absolute Gasteiger partial charge is 0.357 e. The zero-order valence-electron chi connectivity index (χ0n) is 16.0. The molecule has 1 aliphatic rings. The van der Waals surface area contributed by atoms with E-state index in [0.29, 0.717) is 29.8 Å². The average Bonchev–Trinajstić information content (AvgIpc) is 3.11. The van der Waals surface area contributed by atoms with Gasteiger partial charge in [-0.2, -0.15) is 4.31 Å². The van der Waals surface area contributed by atoms with Crippen LogP contribution in [0.15, 0.2) is 65.6 Å². The SMILES string of the molecule is CCC1c2[nH]c3ccccc3c2CCN1S(=O)(=O)c1cccc2cccc(Cl)c12. The van der Waals surface area contributed by atoms with Crippen molar-refractivity contribution in [1.82, 2.24) is 9.29 Å². The molecule has 5 rings (SSSR count). The van der Waals surface area contributed by atoms with Crippen molar-refractivity contribution in [2.24, 2.45) is 0 Å². The molecule has 3 aromatic carbocycles. The van der Waals surface area contributed by atoms with Gasteiger partial charge in [-0.25, -0.2) is 8.42 Å². The zero-order valence-corrected chi connectivity index (χ0v) is 17.6. The molecular formula is C23H21ClN2O2S. The van der Waals surface area contributed by atoms with Gasteiger partial charge in [0.15, 0.2) is 0 Å². The van der Waals surface area contributed by atoms with E-state index >= 15 is 0 Å². The van der Waals surface area contributed by atoms with Crippen LogP contribution < -0.4 is 0 Å². The Labute approximate surface area is 175 Å². The lowest BCUT2D eigenvalue weighted by Gasteiger charge is -2.34. The van der Waals surface area contributed by atoms with Crippen LogP contribution in [-0.2, 0) is 16.4 Å². The number of sulfonamides is 1. The van der Waals surface area contributed by atoms with Crippen LogP contribution >= 0.6 is 11.6 Å². The Kier molecular flexibility index (Phi) is 4.42. The number of rotatable bonds is 3. The molecule has 0 spiro atoms. The highest BCUT2D eigenvalue weighted by atomic mass is 35.5. The van der Waals surface area contributed by atoms with E-state index in [9.17, 15) is 8.42 Å². The van der Waals surface area contributed by atoms with Crippen molar-refractivity contribution < 1.29 is 8.42 Å². The van der Waals surface area contributed by atoms with Gasteiger partial charge in [-0.1, -0.05) is 61.0 Å². The fraction of sp³-hybridized carbons (Fsp3) is 0.217. The first kappa shape index (κ1) is 18.7. The minimum atomic E-state index is -3.72. The Morgan fingerprint density at radius 2 is 1.83 bits per heavy atom. The standard InChI is InChI=1S/C23H21ClN2O2S/c1-2-20-23-17(16-9-3-4-11-19(16)25-23)13-14-26(20)29(27,28)21-12-6-8-15-7-5-10-18(24)22(15)21/h3-12,20,25H,2,13-14H2,1H3. The van der Waals surface area contributed by atoms with Gasteiger partial charge in [-0.3, -0.25) is 0 Å². The second kappa shape index (κ2) is 6.87. The molecule has 0 fully saturated rings. The maximum atomic E-state index is 13.8. The predicted molar refractivity (Wildman–Crippen MR) is 118 cm³/mol. The number of hydrogen-bond acceptors (Lipinski definition) is 2. The molecule has 1 unspecified atom stereocenters. The Bertz CT molecular complexity index is 1340. The van der Waals surface area contributed by atoms with Crippen LogP contribution in [0.25, 0.3) is 21.7 Å². The van der Waals surface area contributed by atoms with Crippen molar-refractivity contribution in [3.05, 3.63) is 76.9 Å². The smallest absolute Gasteiger partial charge is 0.244 e. The first-order valence-corrected chi connectivity index (χ1v) is 11.6. The summed E-state index contributed by atoms with van der Waals surface area (Å²) in [7, 11) is -3.72. The van der Waals surface area contributed by atoms with Crippen LogP contribution in [-0.4, -0.2) is 24.3 Å². The molecule has 0 aliphatic carbocycles. The predicted octanol–water partition coefficient (Wildman–Crippen LogP) is 5.67. The molecule has 2 heterocycles. The Hall–Kier alpha value is -2.34. The van der Waals surface area contributed by atoms with E-state index in [4.69, 9.17) is 11.6 Å². The quantitative estimate of drug-likeness (QED) is 0.460. The Balaban J connectivity index is 1.68. The molecule has 0 saturated heterocycles. The maximum Gasteiger partial charge on any atom is 0.244 e. The highest BCUT2D eigenvalue weighted by Gasteiger charge is 2.38. The van der Waals surface area contributed by atoms with Crippen LogP contribution in [0.2, 0.25) is 5.02 Å². The van der Waals surface area contributed by atoms with Crippen LogP contribution in [0.4, 0.5) is 0 Å². The van der Waals surface area contributed by atoms with Gasteiger partial charge < -0.3 is 4.98 Å². The summed E-state index contributed by atoms with van der Waals surface area (Å²) in [5.41, 5.74) is 3.30. The lowest BCUT2D eigenvalue weighted by molar-refractivity contribution is 0.297. The first-order valence-electron chi connectivity index (χ1n) is 9.81. The number of hydrogen-bond donors (Lipinski definition) is 1. The van der Waals surface area contributed by atoms with E-state index in [1.165, 1.54) is 10.9 Å². The summed E-state index contributed by atoms with van der Waals surface area (Å²) in [5.74, 6) is 0. The second-order valence-electron chi connectivity index (χ2n) is 7.45. The normalized spacial score (nSPS) is 17.7. The van der Waals surface area contributed by atoms with E-state index in [1.807, 2.05) is 43.3 Å². The van der Waals surface area contributed by atoms with Crippen LogP contribution in [0.5, 0.6) is 0 Å². The first-order chi connectivity index (χ1) is 14.0. The summed E-state index contributed by atoms with van der Waals surface area (Å²) < 4.78 is 29.2. The van der Waals surface area contributed by atoms with Crippen molar-refractivity contribution in [2.75, 3.05) is 6.54 Å². The Morgan fingerprint density at radius 3 is 2.62 bits per heavy atom. The third kappa shape index (κ3) is 2.80. The number of aromatic nitrogens is 1. The minimum absolute atomic E-state index is 0.228. The van der Waals surface area contributed by atoms with E-state index < -0.39 is 10.0 Å². The van der Waals surface area contributed by atoms with Gasteiger partial charge >= 0.3 is 0 Å². The highest BCUT2D eigenvalue weighted by molar-refractivity contribution is 7.89. The summed E-state index contributed by atoms with van der Waals surface area (Å²) in [6, 6.07) is 18.8. The van der Waals surface area contributed by atoms with Crippen molar-refractivity contribution in [2.45, 2.75) is 30.7 Å². The van der Waals surface area contributed by atoms with Crippen LogP contribution in [0.3, 0.4) is 0 Å². The van der Waals surface area contributed by atoms with Gasteiger partial charge in [0, 0.05) is 33.6 Å².